The summed E-state index contributed by atoms with van der Waals surface area (Å²) in [6, 6.07) is -0.284. The van der Waals surface area contributed by atoms with E-state index in [-0.39, 0.29) is 24.4 Å². The minimum absolute atomic E-state index is 0. The van der Waals surface area contributed by atoms with Crippen LogP contribution < -0.4 is 11.1 Å². The number of aromatic nitrogens is 2. The summed E-state index contributed by atoms with van der Waals surface area (Å²) in [6.45, 7) is 1.85. The van der Waals surface area contributed by atoms with Crippen molar-refractivity contribution in [1.29, 1.82) is 0 Å². The molecule has 2 aliphatic rings. The quantitative estimate of drug-likeness (QED) is 0.888. The molecule has 1 unspecified atom stereocenters. The van der Waals surface area contributed by atoms with Crippen molar-refractivity contribution >= 4 is 18.3 Å². The highest BCUT2D eigenvalue weighted by molar-refractivity contribution is 5.89. The second-order valence-corrected chi connectivity index (χ2v) is 6.18. The minimum Gasteiger partial charge on any atom is -0.343 e. The highest BCUT2D eigenvalue weighted by Crippen LogP contribution is 2.33. The smallest absolute Gasteiger partial charge is 0.248 e. The Morgan fingerprint density at radius 3 is 2.67 bits per heavy atom. The highest BCUT2D eigenvalue weighted by Gasteiger charge is 2.46. The van der Waals surface area contributed by atoms with Crippen LogP contribution in [0, 0.1) is 0 Å². The molecule has 3 rings (SSSR count). The van der Waals surface area contributed by atoms with Gasteiger partial charge in [-0.2, -0.15) is 4.98 Å². The Balaban J connectivity index is 0.00000161. The van der Waals surface area contributed by atoms with Gasteiger partial charge in [0.25, 0.3) is 0 Å². The van der Waals surface area contributed by atoms with E-state index in [1.165, 1.54) is 19.3 Å². The van der Waals surface area contributed by atoms with E-state index in [0.29, 0.717) is 11.8 Å². The maximum atomic E-state index is 11.9. The zero-order valence-corrected chi connectivity index (χ0v) is 13.1. The molecule has 0 radical (unpaired) electrons. The normalized spacial score (nSPS) is 22.2. The van der Waals surface area contributed by atoms with Crippen LogP contribution in [0.1, 0.15) is 75.5 Å². The largest absolute Gasteiger partial charge is 0.343 e. The van der Waals surface area contributed by atoms with Crippen LogP contribution in [0.3, 0.4) is 0 Å². The van der Waals surface area contributed by atoms with Crippen molar-refractivity contribution in [2.75, 3.05) is 0 Å². The van der Waals surface area contributed by atoms with Crippen LogP contribution in [-0.4, -0.2) is 21.6 Å². The molecule has 2 saturated carbocycles. The Labute approximate surface area is 130 Å². The van der Waals surface area contributed by atoms with Crippen LogP contribution in [0.4, 0.5) is 0 Å². The van der Waals surface area contributed by atoms with Crippen LogP contribution in [0.2, 0.25) is 0 Å². The van der Waals surface area contributed by atoms with E-state index in [0.717, 1.165) is 31.5 Å². The standard InChI is InChI=1S/C14H22N4O2.ClH/c1-9(16-13(19)14(15)7-8-14)12-17-11(18-20-12)10-5-3-2-4-6-10;/h9-10H,2-8,15H2,1H3,(H,16,19);1H. The molecule has 21 heavy (non-hydrogen) atoms. The third-order valence-corrected chi connectivity index (χ3v) is 4.39. The van der Waals surface area contributed by atoms with Gasteiger partial charge in [-0.25, -0.2) is 0 Å². The summed E-state index contributed by atoms with van der Waals surface area (Å²) in [5.41, 5.74) is 5.19. The summed E-state index contributed by atoms with van der Waals surface area (Å²) in [7, 11) is 0. The van der Waals surface area contributed by atoms with Crippen molar-refractivity contribution in [3.63, 3.8) is 0 Å². The van der Waals surface area contributed by atoms with E-state index in [1.807, 2.05) is 6.92 Å². The second kappa shape index (κ2) is 6.32. The Hall–Kier alpha value is -1.14. The average molecular weight is 315 g/mol. The summed E-state index contributed by atoms with van der Waals surface area (Å²) in [5, 5.41) is 6.93. The first-order valence-electron chi connectivity index (χ1n) is 7.52. The van der Waals surface area contributed by atoms with E-state index in [9.17, 15) is 4.79 Å². The number of nitrogens with two attached hydrogens (primary N) is 1. The fourth-order valence-electron chi connectivity index (χ4n) is 2.71. The first kappa shape index (κ1) is 16.2. The molecule has 1 amide bonds. The lowest BCUT2D eigenvalue weighted by atomic mass is 9.89. The van der Waals surface area contributed by atoms with Gasteiger partial charge in [0.2, 0.25) is 11.8 Å². The van der Waals surface area contributed by atoms with Crippen molar-refractivity contribution in [3.8, 4) is 0 Å². The first-order chi connectivity index (χ1) is 9.58. The third-order valence-electron chi connectivity index (χ3n) is 4.39. The molecule has 0 saturated heterocycles. The number of amides is 1. The van der Waals surface area contributed by atoms with Crippen molar-refractivity contribution < 1.29 is 9.32 Å². The molecule has 1 aromatic heterocycles. The van der Waals surface area contributed by atoms with Crippen molar-refractivity contribution in [2.24, 2.45) is 5.73 Å². The minimum atomic E-state index is -0.666. The molecule has 1 heterocycles. The number of nitrogens with zero attached hydrogens (tertiary/aromatic N) is 2. The van der Waals surface area contributed by atoms with Crippen LogP contribution in [0.25, 0.3) is 0 Å². The van der Waals surface area contributed by atoms with Gasteiger partial charge in [0.15, 0.2) is 5.82 Å². The molecular weight excluding hydrogens is 292 g/mol. The van der Waals surface area contributed by atoms with Crippen molar-refractivity contribution in [1.82, 2.24) is 15.5 Å². The summed E-state index contributed by atoms with van der Waals surface area (Å²) in [4.78, 5) is 16.3. The maximum absolute atomic E-state index is 11.9. The third kappa shape index (κ3) is 3.55. The van der Waals surface area contributed by atoms with Gasteiger partial charge in [0.1, 0.15) is 6.04 Å². The van der Waals surface area contributed by atoms with Gasteiger partial charge >= 0.3 is 0 Å². The monoisotopic (exact) mass is 314 g/mol. The molecule has 0 bridgehead atoms. The topological polar surface area (TPSA) is 94.0 Å². The number of halogens is 1. The lowest BCUT2D eigenvalue weighted by Gasteiger charge is -2.17. The molecule has 2 fully saturated rings. The van der Waals surface area contributed by atoms with Crippen LogP contribution in [0.15, 0.2) is 4.52 Å². The number of hydrogen-bond acceptors (Lipinski definition) is 5. The summed E-state index contributed by atoms with van der Waals surface area (Å²) in [5.74, 6) is 1.55. The molecule has 7 heteroatoms. The predicted octanol–water partition coefficient (Wildman–Crippen LogP) is 2.21. The number of rotatable bonds is 4. The SMILES string of the molecule is CC(NC(=O)C1(N)CC1)c1nc(C2CCCCC2)no1.Cl. The predicted molar refractivity (Wildman–Crippen MR) is 80.1 cm³/mol. The van der Waals surface area contributed by atoms with E-state index >= 15 is 0 Å². The van der Waals surface area contributed by atoms with Gasteiger partial charge in [-0.1, -0.05) is 24.4 Å². The fourth-order valence-corrected chi connectivity index (χ4v) is 2.71. The lowest BCUT2D eigenvalue weighted by Crippen LogP contribution is -2.43. The molecular formula is C14H23ClN4O2. The molecule has 0 aliphatic heterocycles. The Kier molecular flexibility index (Phi) is 4.88. The molecule has 1 atom stereocenters. The highest BCUT2D eigenvalue weighted by atomic mass is 35.5. The van der Waals surface area contributed by atoms with Crippen LogP contribution in [0.5, 0.6) is 0 Å². The molecule has 118 valence electrons. The molecule has 0 aromatic carbocycles. The van der Waals surface area contributed by atoms with E-state index in [4.69, 9.17) is 10.3 Å². The Morgan fingerprint density at radius 2 is 2.05 bits per heavy atom. The van der Waals surface area contributed by atoms with E-state index < -0.39 is 5.54 Å². The molecule has 0 spiro atoms. The summed E-state index contributed by atoms with van der Waals surface area (Å²) >= 11 is 0. The fraction of sp³-hybridized carbons (Fsp3) is 0.786. The van der Waals surface area contributed by atoms with Gasteiger partial charge in [0.05, 0.1) is 5.54 Å². The number of carbonyl (C=O) groups is 1. The Bertz CT molecular complexity index is 495. The summed E-state index contributed by atoms with van der Waals surface area (Å²) < 4.78 is 5.30. The van der Waals surface area contributed by atoms with Crippen LogP contribution >= 0.6 is 12.4 Å². The molecule has 1 aromatic rings. The number of carbonyl (C=O) groups excluding carboxylic acids is 1. The average Bonchev–Trinajstić information content (AvgIpc) is 3.04. The van der Waals surface area contributed by atoms with Crippen molar-refractivity contribution in [3.05, 3.63) is 11.7 Å². The molecule has 2 aliphatic carbocycles. The number of hydrogen-bond donors (Lipinski definition) is 2. The van der Waals surface area contributed by atoms with Gasteiger partial charge in [-0.05, 0) is 32.6 Å². The maximum Gasteiger partial charge on any atom is 0.248 e. The molecule has 6 nitrogen and oxygen atoms in total. The van der Waals surface area contributed by atoms with Gasteiger partial charge in [-0.3, -0.25) is 4.79 Å². The number of nitrogens with one attached hydrogen (secondary N) is 1. The van der Waals surface area contributed by atoms with Crippen LogP contribution in [-0.2, 0) is 4.79 Å². The van der Waals surface area contributed by atoms with Gasteiger partial charge in [0, 0.05) is 5.92 Å². The first-order valence-corrected chi connectivity index (χ1v) is 7.52. The van der Waals surface area contributed by atoms with Crippen molar-refractivity contribution in [2.45, 2.75) is 69.4 Å². The Morgan fingerprint density at radius 1 is 1.38 bits per heavy atom. The van der Waals surface area contributed by atoms with Gasteiger partial charge < -0.3 is 15.6 Å². The lowest BCUT2D eigenvalue weighted by molar-refractivity contribution is -0.124. The second-order valence-electron chi connectivity index (χ2n) is 6.18. The summed E-state index contributed by atoms with van der Waals surface area (Å²) in [6.07, 6.45) is 7.53. The zero-order valence-electron chi connectivity index (χ0n) is 12.3. The van der Waals surface area contributed by atoms with Gasteiger partial charge in [-0.15, -0.1) is 12.4 Å². The van der Waals surface area contributed by atoms with E-state index in [2.05, 4.69) is 15.5 Å². The molecule has 3 N–H and O–H groups in total. The zero-order chi connectivity index (χ0) is 14.2. The van der Waals surface area contributed by atoms with E-state index in [1.54, 1.807) is 0 Å².